The predicted molar refractivity (Wildman–Crippen MR) is 154 cm³/mol. The van der Waals surface area contributed by atoms with Gasteiger partial charge < -0.3 is 29.8 Å². The fraction of sp³-hybridized carbons (Fsp3) is 0.375. The topological polar surface area (TPSA) is 87.6 Å². The van der Waals surface area contributed by atoms with E-state index in [2.05, 4.69) is 39.0 Å². The van der Waals surface area contributed by atoms with E-state index in [1.807, 2.05) is 35.2 Å². The fourth-order valence-electron chi connectivity index (χ4n) is 6.61. The Kier molecular flexibility index (Phi) is 7.21. The molecule has 3 aromatic rings. The summed E-state index contributed by atoms with van der Waals surface area (Å²) in [7, 11) is 0. The smallest absolute Gasteiger partial charge is 0.335 e. The second kappa shape index (κ2) is 10.9. The van der Waals surface area contributed by atoms with Gasteiger partial charge in [0.1, 0.15) is 11.8 Å². The number of anilines is 2. The molecule has 1 amide bonds. The van der Waals surface area contributed by atoms with Crippen molar-refractivity contribution in [3.8, 4) is 0 Å². The Morgan fingerprint density at radius 2 is 1.60 bits per heavy atom. The van der Waals surface area contributed by atoms with Crippen molar-refractivity contribution >= 4 is 23.3 Å². The van der Waals surface area contributed by atoms with Gasteiger partial charge in [-0.25, -0.2) is 4.79 Å². The lowest BCUT2D eigenvalue weighted by Crippen LogP contribution is -2.56. The van der Waals surface area contributed by atoms with E-state index >= 15 is 0 Å². The number of aliphatic hydroxyl groups is 1. The summed E-state index contributed by atoms with van der Waals surface area (Å²) in [5.74, 6) is -0.804. The Hall–Kier alpha value is -3.88. The van der Waals surface area contributed by atoms with Crippen LogP contribution in [0.1, 0.15) is 40.7 Å². The largest absolute Gasteiger partial charge is 0.478 e. The number of carbonyl (C=O) groups is 2. The quantitative estimate of drug-likeness (QED) is 0.450. The molecule has 208 valence electrons. The van der Waals surface area contributed by atoms with Gasteiger partial charge in [0.15, 0.2) is 0 Å². The third-order valence-electron chi connectivity index (χ3n) is 8.78. The summed E-state index contributed by atoms with van der Waals surface area (Å²) in [4.78, 5) is 34.0. The van der Waals surface area contributed by atoms with E-state index in [-0.39, 0.29) is 11.5 Å². The van der Waals surface area contributed by atoms with Crippen LogP contribution >= 0.6 is 0 Å². The SMILES string of the molecule is O=C(O)c1ccc(CN2CN(c3ccccc3)C3(CCN(CCCN4c5ccccc5CC4O)CC3)C2=O)cc1. The minimum absolute atomic E-state index is 0.148. The molecule has 40 heavy (non-hydrogen) atoms. The van der Waals surface area contributed by atoms with Crippen molar-refractivity contribution in [2.24, 2.45) is 0 Å². The van der Waals surface area contributed by atoms with Gasteiger partial charge in [-0.15, -0.1) is 0 Å². The lowest BCUT2D eigenvalue weighted by Gasteiger charge is -2.43. The summed E-state index contributed by atoms with van der Waals surface area (Å²) in [6.45, 7) is 4.39. The normalized spacial score (nSPS) is 20.4. The van der Waals surface area contributed by atoms with Crippen LogP contribution in [0.3, 0.4) is 0 Å². The highest BCUT2D eigenvalue weighted by Gasteiger charge is 2.53. The maximum atomic E-state index is 14.0. The molecule has 3 aromatic carbocycles. The van der Waals surface area contributed by atoms with Crippen LogP contribution in [0.25, 0.3) is 0 Å². The maximum Gasteiger partial charge on any atom is 0.335 e. The van der Waals surface area contributed by atoms with Crippen LogP contribution in [0.2, 0.25) is 0 Å². The number of piperidine rings is 1. The van der Waals surface area contributed by atoms with Crippen molar-refractivity contribution in [2.45, 2.75) is 44.0 Å². The Morgan fingerprint density at radius 3 is 2.33 bits per heavy atom. The van der Waals surface area contributed by atoms with Gasteiger partial charge in [-0.2, -0.15) is 0 Å². The van der Waals surface area contributed by atoms with Crippen LogP contribution in [0.5, 0.6) is 0 Å². The van der Waals surface area contributed by atoms with Gasteiger partial charge in [0.2, 0.25) is 5.91 Å². The Morgan fingerprint density at radius 1 is 0.900 bits per heavy atom. The van der Waals surface area contributed by atoms with Crippen molar-refractivity contribution in [1.82, 2.24) is 9.80 Å². The number of nitrogens with zero attached hydrogens (tertiary/aromatic N) is 4. The van der Waals surface area contributed by atoms with Gasteiger partial charge in [0, 0.05) is 44.0 Å². The number of rotatable bonds is 8. The first-order chi connectivity index (χ1) is 19.4. The number of aliphatic hydroxyl groups excluding tert-OH is 1. The van der Waals surface area contributed by atoms with Gasteiger partial charge in [0.05, 0.1) is 12.2 Å². The van der Waals surface area contributed by atoms with E-state index in [1.54, 1.807) is 24.3 Å². The molecule has 0 saturated carbocycles. The van der Waals surface area contributed by atoms with Crippen LogP contribution in [0, 0.1) is 0 Å². The van der Waals surface area contributed by atoms with Crippen molar-refractivity contribution in [3.63, 3.8) is 0 Å². The molecule has 2 fully saturated rings. The number of carboxylic acids is 1. The number of carboxylic acid groups (broad SMARTS) is 1. The first-order valence-electron chi connectivity index (χ1n) is 14.1. The molecule has 2 saturated heterocycles. The number of benzene rings is 3. The molecule has 0 radical (unpaired) electrons. The van der Waals surface area contributed by atoms with Gasteiger partial charge in [-0.3, -0.25) is 4.79 Å². The molecule has 0 bridgehead atoms. The third-order valence-corrected chi connectivity index (χ3v) is 8.78. The first-order valence-corrected chi connectivity index (χ1v) is 14.1. The summed E-state index contributed by atoms with van der Waals surface area (Å²) in [6.07, 6.45) is 2.69. The Bertz CT molecular complexity index is 1350. The highest BCUT2D eigenvalue weighted by molar-refractivity contribution is 5.93. The molecule has 0 aromatic heterocycles. The van der Waals surface area contributed by atoms with Crippen LogP contribution in [0.4, 0.5) is 11.4 Å². The van der Waals surface area contributed by atoms with E-state index in [9.17, 15) is 19.8 Å². The second-order valence-electron chi connectivity index (χ2n) is 11.1. The number of aromatic carboxylic acids is 1. The number of para-hydroxylation sites is 2. The first kappa shape index (κ1) is 26.3. The molecule has 2 N–H and O–H groups in total. The molecule has 3 aliphatic rings. The minimum atomic E-state index is -0.953. The highest BCUT2D eigenvalue weighted by atomic mass is 16.4. The van der Waals surface area contributed by atoms with Crippen LogP contribution in [0.15, 0.2) is 78.9 Å². The molecule has 6 rings (SSSR count). The van der Waals surface area contributed by atoms with Crippen molar-refractivity contribution in [3.05, 3.63) is 95.6 Å². The average Bonchev–Trinajstić information content (AvgIpc) is 3.43. The van der Waals surface area contributed by atoms with E-state index in [1.165, 1.54) is 5.56 Å². The molecule has 8 nitrogen and oxygen atoms in total. The standard InChI is InChI=1S/C32H36N4O4/c37-29-21-26-7-4-5-10-28(26)35(29)18-6-17-33-19-15-32(16-20-33)31(40)34(23-36(32)27-8-2-1-3-9-27)22-24-11-13-25(14-12-24)30(38)39/h1-5,7-14,29,37H,6,15-23H2,(H,38,39). The van der Waals surface area contributed by atoms with Gasteiger partial charge in [-0.1, -0.05) is 48.5 Å². The Labute approximate surface area is 235 Å². The van der Waals surface area contributed by atoms with Crippen LogP contribution < -0.4 is 9.80 Å². The van der Waals surface area contributed by atoms with Crippen molar-refractivity contribution in [2.75, 3.05) is 42.6 Å². The van der Waals surface area contributed by atoms with Gasteiger partial charge in [-0.05, 0) is 67.3 Å². The molecule has 1 spiro atoms. The summed E-state index contributed by atoms with van der Waals surface area (Å²) in [5, 5.41) is 19.8. The van der Waals surface area contributed by atoms with Gasteiger partial charge in [0.25, 0.3) is 0 Å². The van der Waals surface area contributed by atoms with Gasteiger partial charge >= 0.3 is 5.97 Å². The molecule has 8 heteroatoms. The number of hydrogen-bond acceptors (Lipinski definition) is 6. The maximum absolute atomic E-state index is 14.0. The number of hydrogen-bond donors (Lipinski definition) is 2. The molecular weight excluding hydrogens is 504 g/mol. The molecule has 0 aliphatic carbocycles. The Balaban J connectivity index is 1.11. The van der Waals surface area contributed by atoms with E-state index < -0.39 is 17.7 Å². The predicted octanol–water partition coefficient (Wildman–Crippen LogP) is 3.80. The third kappa shape index (κ3) is 4.93. The van der Waals surface area contributed by atoms with E-state index in [0.717, 1.165) is 62.4 Å². The molecule has 1 unspecified atom stereocenters. The zero-order chi connectivity index (χ0) is 27.7. The molecule has 3 heterocycles. The average molecular weight is 541 g/mol. The molecule has 3 aliphatic heterocycles. The lowest BCUT2D eigenvalue weighted by atomic mass is 9.85. The molecule has 1 atom stereocenters. The number of likely N-dealkylation sites (tertiary alicyclic amines) is 1. The summed E-state index contributed by atoms with van der Waals surface area (Å²) >= 11 is 0. The summed E-state index contributed by atoms with van der Waals surface area (Å²) in [6, 6.07) is 25.2. The monoisotopic (exact) mass is 540 g/mol. The van der Waals surface area contributed by atoms with Crippen molar-refractivity contribution in [1.29, 1.82) is 0 Å². The van der Waals surface area contributed by atoms with E-state index in [4.69, 9.17) is 0 Å². The van der Waals surface area contributed by atoms with E-state index in [0.29, 0.717) is 19.6 Å². The lowest BCUT2D eigenvalue weighted by molar-refractivity contribution is -0.134. The van der Waals surface area contributed by atoms with Crippen molar-refractivity contribution < 1.29 is 19.8 Å². The summed E-state index contributed by atoms with van der Waals surface area (Å²) < 4.78 is 0. The fourth-order valence-corrected chi connectivity index (χ4v) is 6.61. The number of fused-ring (bicyclic) bond motifs is 1. The van der Waals surface area contributed by atoms with Crippen LogP contribution in [-0.2, 0) is 17.8 Å². The second-order valence-corrected chi connectivity index (χ2v) is 11.1. The highest BCUT2D eigenvalue weighted by Crippen LogP contribution is 2.40. The minimum Gasteiger partial charge on any atom is -0.478 e. The zero-order valence-electron chi connectivity index (χ0n) is 22.7. The molecular formula is C32H36N4O4. The summed E-state index contributed by atoms with van der Waals surface area (Å²) in [5.41, 5.74) is 3.98. The number of carbonyl (C=O) groups excluding carboxylic acids is 1. The van der Waals surface area contributed by atoms with Crippen LogP contribution in [-0.4, -0.2) is 76.5 Å². The number of amides is 1. The zero-order valence-corrected chi connectivity index (χ0v) is 22.7.